The van der Waals surface area contributed by atoms with Crippen LogP contribution in [0.1, 0.15) is 71.6 Å². The predicted octanol–water partition coefficient (Wildman–Crippen LogP) is 0.750. The van der Waals surface area contributed by atoms with Gasteiger partial charge in [-0.25, -0.2) is 4.79 Å². The molecule has 2 heterocycles. The molecule has 6 rings (SSSR count). The summed E-state index contributed by atoms with van der Waals surface area (Å²) in [6, 6.07) is 0. The molecule has 0 bridgehead atoms. The first-order valence-electron chi connectivity index (χ1n) is 14.5. The molecular weight excluding hydrogens is 508 g/mol. The van der Waals surface area contributed by atoms with Crippen molar-refractivity contribution in [1.82, 2.24) is 0 Å². The topological polar surface area (TPSA) is 163 Å². The lowest BCUT2D eigenvalue weighted by Crippen LogP contribution is -2.69. The Hall–Kier alpha value is -1.40. The smallest absolute Gasteiger partial charge is 0.331 e. The van der Waals surface area contributed by atoms with E-state index in [9.17, 15) is 35.1 Å². The fourth-order valence-electron chi connectivity index (χ4n) is 9.75. The zero-order valence-electron chi connectivity index (χ0n) is 22.7. The molecule has 5 fully saturated rings. The molecule has 1 saturated heterocycles. The minimum atomic E-state index is -1.43. The van der Waals surface area contributed by atoms with Crippen LogP contribution >= 0.6 is 0 Å². The third-order valence-corrected chi connectivity index (χ3v) is 12.0. The first kappa shape index (κ1) is 27.8. The van der Waals surface area contributed by atoms with Crippen LogP contribution in [0, 0.1) is 28.6 Å². The Balaban J connectivity index is 1.22. The van der Waals surface area contributed by atoms with Gasteiger partial charge in [-0.05, 0) is 81.6 Å². The van der Waals surface area contributed by atoms with Crippen molar-refractivity contribution in [3.05, 3.63) is 11.6 Å². The summed E-state index contributed by atoms with van der Waals surface area (Å²) in [7, 11) is 0. The first-order valence-corrected chi connectivity index (χ1v) is 14.5. The Morgan fingerprint density at radius 3 is 2.41 bits per heavy atom. The molecule has 13 atom stereocenters. The number of aldehydes is 1. The third-order valence-electron chi connectivity index (χ3n) is 12.0. The Morgan fingerprint density at radius 1 is 0.974 bits per heavy atom. The molecule has 5 N–H and O–H groups in total. The molecule has 4 aliphatic carbocycles. The van der Waals surface area contributed by atoms with Crippen LogP contribution in [-0.2, 0) is 23.8 Å². The lowest BCUT2D eigenvalue weighted by Gasteiger charge is -2.65. The normalized spacial score (nSPS) is 55.2. The van der Waals surface area contributed by atoms with Gasteiger partial charge < -0.3 is 44.5 Å². The van der Waals surface area contributed by atoms with E-state index in [4.69, 9.17) is 14.2 Å². The summed E-state index contributed by atoms with van der Waals surface area (Å²) >= 11 is 0. The average molecular weight is 551 g/mol. The maximum atomic E-state index is 13.0. The Kier molecular flexibility index (Phi) is 6.62. The standard InChI is InChI=1S/C29H42O10/c1-15-22(32)23(33)24(34)25(38-15)39-17-3-8-27(14-30)19-4-7-26(2)18(16-11-21(31)37-13-16)6-10-29(26,36)20(19)5-9-28(27,35)12-17/h11,14-15,17-20,22-25,32-36H,3-10,12-13H2,1-2H3/t15-,17+,18-,19+,20+,22+,23+,24-,25-,26+,27-,28+,29+/m0/s1. The van der Waals surface area contributed by atoms with Crippen LogP contribution in [0.2, 0.25) is 0 Å². The van der Waals surface area contributed by atoms with Gasteiger partial charge in [0.2, 0.25) is 0 Å². The number of carbonyl (C=O) groups excluding carboxylic acids is 2. The average Bonchev–Trinajstić information content (AvgIpc) is 3.45. The van der Waals surface area contributed by atoms with Gasteiger partial charge in [-0.1, -0.05) is 6.92 Å². The van der Waals surface area contributed by atoms with Crippen molar-refractivity contribution < 1.29 is 49.3 Å². The summed E-state index contributed by atoms with van der Waals surface area (Å²) in [6.45, 7) is 3.98. The first-order chi connectivity index (χ1) is 18.4. The molecule has 0 spiro atoms. The Morgan fingerprint density at radius 2 is 1.72 bits per heavy atom. The van der Waals surface area contributed by atoms with E-state index in [1.165, 1.54) is 0 Å². The maximum Gasteiger partial charge on any atom is 0.331 e. The van der Waals surface area contributed by atoms with Crippen LogP contribution < -0.4 is 0 Å². The number of hydrogen-bond donors (Lipinski definition) is 5. The van der Waals surface area contributed by atoms with E-state index in [-0.39, 0.29) is 36.8 Å². The number of rotatable bonds is 4. The molecule has 2 aliphatic heterocycles. The van der Waals surface area contributed by atoms with Crippen LogP contribution in [0.25, 0.3) is 0 Å². The highest BCUT2D eigenvalue weighted by Crippen LogP contribution is 2.70. The van der Waals surface area contributed by atoms with Crippen molar-refractivity contribution in [1.29, 1.82) is 0 Å². The lowest BCUT2D eigenvalue weighted by molar-refractivity contribution is -0.317. The fraction of sp³-hybridized carbons (Fsp3) is 0.862. The molecule has 0 aromatic rings. The molecule has 0 aromatic heterocycles. The second kappa shape index (κ2) is 9.31. The predicted molar refractivity (Wildman–Crippen MR) is 135 cm³/mol. The second-order valence-corrected chi connectivity index (χ2v) is 13.4. The van der Waals surface area contributed by atoms with Crippen LogP contribution in [0.5, 0.6) is 0 Å². The minimum absolute atomic E-state index is 0.0465. The summed E-state index contributed by atoms with van der Waals surface area (Å²) < 4.78 is 16.9. The van der Waals surface area contributed by atoms with Gasteiger partial charge in [0.05, 0.1) is 28.8 Å². The van der Waals surface area contributed by atoms with Crippen molar-refractivity contribution >= 4 is 12.3 Å². The number of aliphatic hydroxyl groups is 5. The monoisotopic (exact) mass is 550 g/mol. The number of fused-ring (bicyclic) bond motifs is 5. The van der Waals surface area contributed by atoms with E-state index >= 15 is 0 Å². The quantitative estimate of drug-likeness (QED) is 0.192. The molecule has 0 radical (unpaired) electrons. The summed E-state index contributed by atoms with van der Waals surface area (Å²) in [5.41, 5.74) is -2.86. The van der Waals surface area contributed by atoms with Gasteiger partial charge in [0, 0.05) is 17.9 Å². The fourth-order valence-corrected chi connectivity index (χ4v) is 9.75. The largest absolute Gasteiger partial charge is 0.458 e. The van der Waals surface area contributed by atoms with Crippen molar-refractivity contribution in [3.8, 4) is 0 Å². The van der Waals surface area contributed by atoms with Gasteiger partial charge >= 0.3 is 5.97 Å². The molecule has 0 aromatic carbocycles. The van der Waals surface area contributed by atoms with Crippen LogP contribution in [0.15, 0.2) is 11.6 Å². The van der Waals surface area contributed by atoms with Gasteiger partial charge in [-0.2, -0.15) is 0 Å². The molecule has 6 aliphatic rings. The van der Waals surface area contributed by atoms with Crippen molar-refractivity contribution in [2.24, 2.45) is 28.6 Å². The number of hydrogen-bond acceptors (Lipinski definition) is 10. The van der Waals surface area contributed by atoms with E-state index in [0.29, 0.717) is 44.9 Å². The van der Waals surface area contributed by atoms with E-state index in [0.717, 1.165) is 18.3 Å². The molecule has 10 heteroatoms. The Bertz CT molecular complexity index is 1050. The van der Waals surface area contributed by atoms with Crippen LogP contribution in [0.3, 0.4) is 0 Å². The molecular formula is C29H42O10. The van der Waals surface area contributed by atoms with Crippen molar-refractivity contribution in [2.45, 2.75) is 120 Å². The molecule has 0 amide bonds. The van der Waals surface area contributed by atoms with Gasteiger partial charge in [0.1, 0.15) is 31.2 Å². The SMILES string of the molecule is C[C@@H]1O[C@@H](O[C@@H]2CC[C@]3(C=O)[C@@H]4CC[C@]5(C)[C@H](C6=CC(=O)OC6)CC[C@@]5(O)[C@@H]4CC[C@@]3(O)C2)[C@@H](O)[C@H](O)[C@@H]1O. The summed E-state index contributed by atoms with van der Waals surface area (Å²) in [5.74, 6) is -0.616. The molecule has 218 valence electrons. The van der Waals surface area contributed by atoms with Crippen LogP contribution in [0.4, 0.5) is 0 Å². The highest BCUT2D eigenvalue weighted by molar-refractivity contribution is 5.85. The van der Waals surface area contributed by atoms with Gasteiger partial charge in [0.25, 0.3) is 0 Å². The second-order valence-electron chi connectivity index (χ2n) is 13.4. The summed E-state index contributed by atoms with van der Waals surface area (Å²) in [4.78, 5) is 24.8. The zero-order valence-corrected chi connectivity index (χ0v) is 22.7. The number of carbonyl (C=O) groups is 2. The van der Waals surface area contributed by atoms with Crippen molar-refractivity contribution in [2.75, 3.05) is 6.61 Å². The van der Waals surface area contributed by atoms with Crippen LogP contribution in [-0.4, -0.2) is 92.4 Å². The third kappa shape index (κ3) is 3.78. The molecule has 10 nitrogen and oxygen atoms in total. The number of cyclic esters (lactones) is 1. The number of ether oxygens (including phenoxy) is 3. The van der Waals surface area contributed by atoms with Crippen molar-refractivity contribution in [3.63, 3.8) is 0 Å². The molecule has 4 saturated carbocycles. The van der Waals surface area contributed by atoms with E-state index in [1.807, 2.05) is 0 Å². The lowest BCUT2D eigenvalue weighted by atomic mass is 9.41. The molecule has 0 unspecified atom stereocenters. The number of aliphatic hydroxyl groups excluding tert-OH is 3. The zero-order chi connectivity index (χ0) is 28.0. The number of esters is 1. The highest BCUT2D eigenvalue weighted by Gasteiger charge is 2.71. The minimum Gasteiger partial charge on any atom is -0.458 e. The molecule has 39 heavy (non-hydrogen) atoms. The summed E-state index contributed by atoms with van der Waals surface area (Å²) in [6.07, 6.45) is 0.689. The van der Waals surface area contributed by atoms with E-state index in [2.05, 4.69) is 6.92 Å². The van der Waals surface area contributed by atoms with Gasteiger partial charge in [-0.3, -0.25) is 0 Å². The highest BCUT2D eigenvalue weighted by atomic mass is 16.7. The van der Waals surface area contributed by atoms with E-state index in [1.54, 1.807) is 13.0 Å². The van der Waals surface area contributed by atoms with Gasteiger partial charge in [-0.15, -0.1) is 0 Å². The van der Waals surface area contributed by atoms with E-state index < -0.39 is 58.8 Å². The van der Waals surface area contributed by atoms with Gasteiger partial charge in [0.15, 0.2) is 6.29 Å². The maximum absolute atomic E-state index is 13.0. The summed E-state index contributed by atoms with van der Waals surface area (Å²) in [5, 5.41) is 55.0. The Labute approximate surface area is 228 Å².